The molecule has 1 radical (unpaired) electrons. The van der Waals surface area contributed by atoms with Crippen LogP contribution >= 0.6 is 0 Å². The third-order valence-corrected chi connectivity index (χ3v) is 3.73. The maximum atomic E-state index is 9.02. The number of benzene rings is 2. The molecule has 0 aliphatic heterocycles. The monoisotopic (exact) mass is 273 g/mol. The van der Waals surface area contributed by atoms with E-state index in [1.807, 2.05) is 52.0 Å². The van der Waals surface area contributed by atoms with Crippen molar-refractivity contribution in [1.82, 2.24) is 5.41 Å². The third-order valence-electron chi connectivity index (χ3n) is 3.73. The van der Waals surface area contributed by atoms with Crippen LogP contribution in [0.5, 0.6) is 0 Å². The first kappa shape index (κ1) is 14.8. The Hall–Kier alpha value is -2.62. The van der Waals surface area contributed by atoms with E-state index in [1.54, 1.807) is 0 Å². The Morgan fingerprint density at radius 3 is 1.81 bits per heavy atom. The molecule has 0 saturated heterocycles. The Balaban J connectivity index is 2.78. The summed E-state index contributed by atoms with van der Waals surface area (Å²) >= 11 is 0. The molecule has 0 aromatic heterocycles. The van der Waals surface area contributed by atoms with Crippen molar-refractivity contribution in [2.45, 2.75) is 27.7 Å². The van der Waals surface area contributed by atoms with Crippen LogP contribution in [0.4, 0.5) is 0 Å². The first-order valence-electron chi connectivity index (χ1n) is 6.83. The summed E-state index contributed by atoms with van der Waals surface area (Å²) in [4.78, 5) is 0. The van der Waals surface area contributed by atoms with E-state index in [1.165, 1.54) is 0 Å². The molecule has 0 N–H and O–H groups in total. The van der Waals surface area contributed by atoms with Crippen molar-refractivity contribution in [2.24, 2.45) is 0 Å². The smallest absolute Gasteiger partial charge is 0.0991 e. The van der Waals surface area contributed by atoms with Gasteiger partial charge in [0.1, 0.15) is 0 Å². The third kappa shape index (κ3) is 2.94. The molecule has 0 aliphatic carbocycles. The highest BCUT2D eigenvalue weighted by Gasteiger charge is 2.04. The molecule has 0 bridgehead atoms. The second-order valence-electron chi connectivity index (χ2n) is 5.42. The van der Waals surface area contributed by atoms with Crippen LogP contribution in [0.15, 0.2) is 24.3 Å². The van der Waals surface area contributed by atoms with Crippen molar-refractivity contribution in [1.29, 1.82) is 5.26 Å². The van der Waals surface area contributed by atoms with Gasteiger partial charge in [-0.2, -0.15) is 5.26 Å². The molecule has 0 amide bonds. The molecule has 21 heavy (non-hydrogen) atoms. The summed E-state index contributed by atoms with van der Waals surface area (Å²) in [5, 5.41) is 19.9. The van der Waals surface area contributed by atoms with Gasteiger partial charge in [0.15, 0.2) is 0 Å². The van der Waals surface area contributed by atoms with E-state index in [-0.39, 0.29) is 0 Å². The Morgan fingerprint density at radius 1 is 0.857 bits per heavy atom. The van der Waals surface area contributed by atoms with Crippen LogP contribution < -0.4 is 15.8 Å². The van der Waals surface area contributed by atoms with Crippen molar-refractivity contribution in [3.8, 4) is 6.07 Å². The molecule has 0 unspecified atom stereocenters. The zero-order chi connectivity index (χ0) is 15.6. The highest BCUT2D eigenvalue weighted by molar-refractivity contribution is 5.62. The summed E-state index contributed by atoms with van der Waals surface area (Å²) in [5.74, 6) is 2.19. The lowest BCUT2D eigenvalue weighted by Gasteiger charge is -2.08. The van der Waals surface area contributed by atoms with Gasteiger partial charge in [0, 0.05) is 11.1 Å². The van der Waals surface area contributed by atoms with Crippen molar-refractivity contribution >= 4 is 11.9 Å². The van der Waals surface area contributed by atoms with Crippen LogP contribution in [0, 0.1) is 39.0 Å². The van der Waals surface area contributed by atoms with Crippen molar-refractivity contribution in [3.05, 3.63) is 68.1 Å². The molecule has 0 atom stereocenters. The quantitative estimate of drug-likeness (QED) is 0.730. The van der Waals surface area contributed by atoms with Gasteiger partial charge in [-0.05, 0) is 91.1 Å². The van der Waals surface area contributed by atoms with Crippen LogP contribution in [0.25, 0.3) is 6.08 Å². The fourth-order valence-electron chi connectivity index (χ4n) is 2.68. The SMILES string of the molecule is Cc1cc(C#N)cc(C)c1C=c1c(C)cc(=C=[N])cc1C. The molecule has 2 rings (SSSR count). The Labute approximate surface area is 125 Å². The Bertz CT molecular complexity index is 840. The lowest BCUT2D eigenvalue weighted by Crippen LogP contribution is -2.18. The van der Waals surface area contributed by atoms with E-state index >= 15 is 0 Å². The van der Waals surface area contributed by atoms with E-state index in [0.29, 0.717) is 10.8 Å². The molecule has 0 fully saturated rings. The minimum atomic E-state index is 0.690. The highest BCUT2D eigenvalue weighted by atomic mass is 14.3. The normalized spacial score (nSPS) is 9.86. The first-order valence-corrected chi connectivity index (χ1v) is 6.83. The molecule has 0 saturated carbocycles. The number of nitrogens with zero attached hydrogens (tertiary/aromatic N) is 2. The largest absolute Gasteiger partial charge is 0.192 e. The van der Waals surface area contributed by atoms with E-state index in [4.69, 9.17) is 10.7 Å². The molecule has 2 aromatic carbocycles. The summed E-state index contributed by atoms with van der Waals surface area (Å²) in [6.07, 6.45) is 2.15. The van der Waals surface area contributed by atoms with Gasteiger partial charge in [-0.25, -0.2) is 0 Å². The Morgan fingerprint density at radius 2 is 1.38 bits per heavy atom. The van der Waals surface area contributed by atoms with Gasteiger partial charge < -0.3 is 0 Å². The van der Waals surface area contributed by atoms with Crippen LogP contribution in [0.3, 0.4) is 0 Å². The fraction of sp³-hybridized carbons (Fsp3) is 0.211. The van der Waals surface area contributed by atoms with Crippen LogP contribution in [0.2, 0.25) is 0 Å². The van der Waals surface area contributed by atoms with Gasteiger partial charge in [-0.1, -0.05) is 5.41 Å². The maximum absolute atomic E-state index is 9.02. The molecule has 0 heterocycles. The Kier molecular flexibility index (Phi) is 4.08. The van der Waals surface area contributed by atoms with E-state index < -0.39 is 0 Å². The number of hydrogen-bond donors (Lipinski definition) is 0. The number of rotatable bonds is 1. The van der Waals surface area contributed by atoms with Crippen molar-refractivity contribution < 1.29 is 0 Å². The van der Waals surface area contributed by atoms with E-state index in [0.717, 1.165) is 33.0 Å². The van der Waals surface area contributed by atoms with Gasteiger partial charge in [-0.3, -0.25) is 0 Å². The van der Waals surface area contributed by atoms with Crippen LogP contribution in [-0.4, -0.2) is 5.87 Å². The predicted octanol–water partition coefficient (Wildman–Crippen LogP) is 1.76. The van der Waals surface area contributed by atoms with Gasteiger partial charge in [0.05, 0.1) is 11.6 Å². The van der Waals surface area contributed by atoms with Gasteiger partial charge in [0.2, 0.25) is 0 Å². The molecular formula is C19H17N2. The molecule has 2 nitrogen and oxygen atoms in total. The topological polar surface area (TPSA) is 46.1 Å². The van der Waals surface area contributed by atoms with Gasteiger partial charge >= 0.3 is 0 Å². The van der Waals surface area contributed by atoms with Crippen LogP contribution in [-0.2, 0) is 0 Å². The number of nitriles is 1. The second kappa shape index (κ2) is 5.79. The zero-order valence-corrected chi connectivity index (χ0v) is 12.8. The standard InChI is InChI=1S/C19H17N2/c1-12-5-16(10-20)6-13(2)18(12)9-19-14(3)7-17(11-21)8-15(19)4/h5-9H,1-4H3. The number of hydrogen-bond acceptors (Lipinski definition) is 1. The summed E-state index contributed by atoms with van der Waals surface area (Å²) in [6.45, 7) is 8.09. The highest BCUT2D eigenvalue weighted by Crippen LogP contribution is 2.17. The summed E-state index contributed by atoms with van der Waals surface area (Å²) in [5.41, 5.74) is 6.20. The average Bonchev–Trinajstić information content (AvgIpc) is 2.44. The van der Waals surface area contributed by atoms with Crippen molar-refractivity contribution in [3.63, 3.8) is 0 Å². The fourth-order valence-corrected chi connectivity index (χ4v) is 2.68. The van der Waals surface area contributed by atoms with E-state index in [9.17, 15) is 0 Å². The predicted molar refractivity (Wildman–Crippen MR) is 85.6 cm³/mol. The maximum Gasteiger partial charge on any atom is 0.0991 e. The molecule has 2 heteroatoms. The minimum Gasteiger partial charge on any atom is -0.192 e. The molecule has 103 valence electrons. The zero-order valence-electron chi connectivity index (χ0n) is 12.8. The van der Waals surface area contributed by atoms with Gasteiger partial charge in [0.25, 0.3) is 0 Å². The minimum absolute atomic E-state index is 0.690. The molecule has 2 aromatic rings. The van der Waals surface area contributed by atoms with Crippen molar-refractivity contribution in [2.75, 3.05) is 0 Å². The molecule has 0 aliphatic rings. The number of aryl methyl sites for hydroxylation is 4. The summed E-state index contributed by atoms with van der Waals surface area (Å²) < 4.78 is 0. The van der Waals surface area contributed by atoms with Gasteiger partial charge in [-0.15, -0.1) is 0 Å². The summed E-state index contributed by atoms with van der Waals surface area (Å²) in [7, 11) is 0. The molecule has 0 spiro atoms. The van der Waals surface area contributed by atoms with E-state index in [2.05, 4.69) is 18.0 Å². The molecular weight excluding hydrogens is 256 g/mol. The summed E-state index contributed by atoms with van der Waals surface area (Å²) in [6, 6.07) is 9.83. The lowest BCUT2D eigenvalue weighted by molar-refractivity contribution is 1.28. The lowest BCUT2D eigenvalue weighted by atomic mass is 9.96. The average molecular weight is 273 g/mol. The first-order chi connectivity index (χ1) is 9.96. The second-order valence-corrected chi connectivity index (χ2v) is 5.42. The van der Waals surface area contributed by atoms with Crippen LogP contribution in [0.1, 0.15) is 33.4 Å².